The zero-order valence-corrected chi connectivity index (χ0v) is 19.0. The zero-order chi connectivity index (χ0) is 22.6. The number of methoxy groups -OCH3 is 2. The fourth-order valence-electron chi connectivity index (χ4n) is 4.39. The first kappa shape index (κ1) is 21.6. The molecule has 0 atom stereocenters. The summed E-state index contributed by atoms with van der Waals surface area (Å²) >= 11 is 0. The molecule has 1 N–H and O–H groups in total. The summed E-state index contributed by atoms with van der Waals surface area (Å²) in [5.74, 6) is 0.708. The van der Waals surface area contributed by atoms with Gasteiger partial charge in [-0.1, -0.05) is 30.3 Å². The molecule has 0 radical (unpaired) electrons. The Hall–Kier alpha value is -3.27. The summed E-state index contributed by atoms with van der Waals surface area (Å²) in [6.07, 6.45) is 11.4. The number of benzene rings is 1. The van der Waals surface area contributed by atoms with Crippen molar-refractivity contribution in [3.63, 3.8) is 0 Å². The summed E-state index contributed by atoms with van der Waals surface area (Å²) in [5, 5.41) is 8.02. The Morgan fingerprint density at radius 2 is 1.85 bits per heavy atom. The van der Waals surface area contributed by atoms with Crippen molar-refractivity contribution in [3.05, 3.63) is 61.3 Å². The predicted molar refractivity (Wildman–Crippen MR) is 126 cm³/mol. The quantitative estimate of drug-likeness (QED) is 0.413. The monoisotopic (exact) mass is 447 g/mol. The van der Waals surface area contributed by atoms with Crippen LogP contribution in [0.5, 0.6) is 0 Å². The van der Waals surface area contributed by atoms with Gasteiger partial charge in [0.2, 0.25) is 0 Å². The molecule has 9 heteroatoms. The molecule has 1 aliphatic rings. The third kappa shape index (κ3) is 4.61. The smallest absolute Gasteiger partial charge is 0.180 e. The maximum absolute atomic E-state index is 5.33. The fourth-order valence-corrected chi connectivity index (χ4v) is 4.39. The topological polar surface area (TPSA) is 81.7 Å². The molecule has 33 heavy (non-hydrogen) atoms. The van der Waals surface area contributed by atoms with Crippen LogP contribution < -0.4 is 5.32 Å². The normalized spacial score (nSPS) is 15.5. The number of piperidine rings is 1. The van der Waals surface area contributed by atoms with Crippen LogP contribution in [0, 0.1) is 0 Å². The number of hydrogen-bond acceptors (Lipinski definition) is 7. The molecule has 0 unspecified atom stereocenters. The fraction of sp³-hybridized carbons (Fsp3) is 0.375. The Balaban J connectivity index is 1.27. The van der Waals surface area contributed by atoms with E-state index in [9.17, 15) is 0 Å². The summed E-state index contributed by atoms with van der Waals surface area (Å²) in [4.78, 5) is 11.6. The van der Waals surface area contributed by atoms with E-state index in [2.05, 4.69) is 52.7 Å². The van der Waals surface area contributed by atoms with Gasteiger partial charge in [0.1, 0.15) is 0 Å². The van der Waals surface area contributed by atoms with Crippen molar-refractivity contribution in [1.82, 2.24) is 29.0 Å². The predicted octanol–water partition coefficient (Wildman–Crippen LogP) is 3.59. The highest BCUT2D eigenvalue weighted by Crippen LogP contribution is 2.27. The molecule has 1 saturated heterocycles. The van der Waals surface area contributed by atoms with Crippen LogP contribution in [-0.4, -0.2) is 69.2 Å². The number of hydrogen-bond donors (Lipinski definition) is 1. The van der Waals surface area contributed by atoms with Gasteiger partial charge in [-0.05, 0) is 12.8 Å². The minimum Gasteiger partial charge on any atom is -0.355 e. The van der Waals surface area contributed by atoms with Crippen LogP contribution in [0.4, 0.5) is 11.5 Å². The van der Waals surface area contributed by atoms with Crippen molar-refractivity contribution in [2.45, 2.75) is 25.2 Å². The van der Waals surface area contributed by atoms with Crippen molar-refractivity contribution in [2.24, 2.45) is 0 Å². The zero-order valence-electron chi connectivity index (χ0n) is 19.0. The molecule has 0 aliphatic carbocycles. The number of likely N-dealkylation sites (tertiary alicyclic amines) is 1. The molecule has 9 nitrogen and oxygen atoms in total. The number of fused-ring (bicyclic) bond motifs is 1. The molecule has 1 aliphatic heterocycles. The van der Waals surface area contributed by atoms with Gasteiger partial charge in [-0.2, -0.15) is 5.10 Å². The van der Waals surface area contributed by atoms with E-state index in [1.807, 2.05) is 36.8 Å². The first-order valence-electron chi connectivity index (χ1n) is 11.2. The van der Waals surface area contributed by atoms with E-state index in [0.29, 0.717) is 11.9 Å². The molecule has 4 heterocycles. The standard InChI is InChI=1S/C24H29N7O2/c1-32-22(33-2)17-29-11-8-20(9-12-29)31-16-19(14-27-31)28-23-24-25-10-13-30(24)21(15-26-23)18-6-4-3-5-7-18/h3-7,10,13-16,20,22H,8-9,11-12,17H2,1-2H3,(H,26,28). The number of rotatable bonds is 8. The number of aromatic nitrogens is 5. The molecule has 5 rings (SSSR count). The molecule has 3 aromatic heterocycles. The maximum atomic E-state index is 5.33. The molecule has 4 aromatic rings. The lowest BCUT2D eigenvalue weighted by molar-refractivity contribution is -0.118. The van der Waals surface area contributed by atoms with Crippen LogP contribution in [-0.2, 0) is 9.47 Å². The van der Waals surface area contributed by atoms with E-state index in [1.54, 1.807) is 20.4 Å². The van der Waals surface area contributed by atoms with Gasteiger partial charge in [-0.25, -0.2) is 9.97 Å². The van der Waals surface area contributed by atoms with E-state index in [-0.39, 0.29) is 6.29 Å². The molecule has 1 fully saturated rings. The van der Waals surface area contributed by atoms with Gasteiger partial charge in [-0.3, -0.25) is 14.0 Å². The van der Waals surface area contributed by atoms with E-state index in [4.69, 9.17) is 9.47 Å². The highest BCUT2D eigenvalue weighted by molar-refractivity contribution is 5.73. The summed E-state index contributed by atoms with van der Waals surface area (Å²) < 4.78 is 14.8. The second-order valence-electron chi connectivity index (χ2n) is 8.25. The van der Waals surface area contributed by atoms with E-state index < -0.39 is 0 Å². The highest BCUT2D eigenvalue weighted by Gasteiger charge is 2.23. The number of imidazole rings is 1. The van der Waals surface area contributed by atoms with Gasteiger partial charge in [0.05, 0.1) is 29.8 Å². The van der Waals surface area contributed by atoms with Gasteiger partial charge in [0.25, 0.3) is 0 Å². The Labute approximate surface area is 193 Å². The third-order valence-corrected chi connectivity index (χ3v) is 6.23. The van der Waals surface area contributed by atoms with Crippen LogP contribution >= 0.6 is 0 Å². The Kier molecular flexibility index (Phi) is 6.34. The van der Waals surface area contributed by atoms with Crippen LogP contribution in [0.3, 0.4) is 0 Å². The van der Waals surface area contributed by atoms with Crippen molar-refractivity contribution < 1.29 is 9.47 Å². The lowest BCUT2D eigenvalue weighted by Crippen LogP contribution is -2.40. The third-order valence-electron chi connectivity index (χ3n) is 6.23. The number of nitrogens with zero attached hydrogens (tertiary/aromatic N) is 6. The minimum absolute atomic E-state index is 0.178. The first-order chi connectivity index (χ1) is 16.2. The summed E-state index contributed by atoms with van der Waals surface area (Å²) in [5.41, 5.74) is 3.78. The van der Waals surface area contributed by atoms with Crippen molar-refractivity contribution >= 4 is 17.2 Å². The molecule has 0 bridgehead atoms. The van der Waals surface area contributed by atoms with Crippen LogP contribution in [0.25, 0.3) is 16.9 Å². The lowest BCUT2D eigenvalue weighted by Gasteiger charge is -2.33. The molecular weight excluding hydrogens is 418 g/mol. The molecule has 0 saturated carbocycles. The molecule has 0 amide bonds. The largest absolute Gasteiger partial charge is 0.355 e. The maximum Gasteiger partial charge on any atom is 0.180 e. The Morgan fingerprint density at radius 1 is 1.06 bits per heavy atom. The van der Waals surface area contributed by atoms with Crippen molar-refractivity contribution in [3.8, 4) is 11.3 Å². The van der Waals surface area contributed by atoms with Crippen LogP contribution in [0.1, 0.15) is 18.9 Å². The molecule has 1 aromatic carbocycles. The summed E-state index contributed by atoms with van der Waals surface area (Å²) in [7, 11) is 3.36. The average Bonchev–Trinajstić information content (AvgIpc) is 3.54. The van der Waals surface area contributed by atoms with E-state index >= 15 is 0 Å². The number of nitrogens with one attached hydrogen (secondary N) is 1. The lowest BCUT2D eigenvalue weighted by atomic mass is 10.1. The summed E-state index contributed by atoms with van der Waals surface area (Å²) in [6, 6.07) is 10.6. The second kappa shape index (κ2) is 9.70. The number of anilines is 2. The van der Waals surface area contributed by atoms with Gasteiger partial charge in [-0.15, -0.1) is 0 Å². The van der Waals surface area contributed by atoms with E-state index in [0.717, 1.165) is 55.1 Å². The van der Waals surface area contributed by atoms with E-state index in [1.165, 1.54) is 0 Å². The highest BCUT2D eigenvalue weighted by atomic mass is 16.7. The molecular formula is C24H29N7O2. The van der Waals surface area contributed by atoms with Crippen LogP contribution in [0.2, 0.25) is 0 Å². The van der Waals surface area contributed by atoms with Crippen molar-refractivity contribution in [1.29, 1.82) is 0 Å². The number of ether oxygens (including phenoxy) is 2. The van der Waals surface area contributed by atoms with Gasteiger partial charge >= 0.3 is 0 Å². The van der Waals surface area contributed by atoms with Gasteiger partial charge in [0, 0.05) is 58.0 Å². The minimum atomic E-state index is -0.178. The molecule has 0 spiro atoms. The van der Waals surface area contributed by atoms with Gasteiger partial charge < -0.3 is 14.8 Å². The van der Waals surface area contributed by atoms with Crippen molar-refractivity contribution in [2.75, 3.05) is 39.2 Å². The first-order valence-corrected chi connectivity index (χ1v) is 11.2. The Bertz CT molecular complexity index is 1180. The average molecular weight is 448 g/mol. The SMILES string of the molecule is COC(CN1CCC(n2cc(Nc3ncc(-c4ccccc4)n4ccnc34)cn2)CC1)OC. The van der Waals surface area contributed by atoms with Crippen LogP contribution in [0.15, 0.2) is 61.3 Å². The second-order valence-corrected chi connectivity index (χ2v) is 8.25. The Morgan fingerprint density at radius 3 is 2.61 bits per heavy atom. The molecule has 172 valence electrons. The van der Waals surface area contributed by atoms with Gasteiger partial charge in [0.15, 0.2) is 17.8 Å². The summed E-state index contributed by atoms with van der Waals surface area (Å²) in [6.45, 7) is 2.78.